The van der Waals surface area contributed by atoms with E-state index in [0.717, 1.165) is 16.5 Å². The maximum Gasteiger partial charge on any atom is 0.223 e. The fraction of sp³-hybridized carbons (Fsp3) is 0.533. The number of benzene rings is 1. The van der Waals surface area contributed by atoms with Crippen LogP contribution in [0.1, 0.15) is 32.3 Å². The molecule has 0 radical (unpaired) electrons. The second-order valence-corrected chi connectivity index (χ2v) is 6.72. The van der Waals surface area contributed by atoms with Crippen LogP contribution >= 0.6 is 15.9 Å². The number of likely N-dealkylation sites (tertiary alicyclic amines) is 1. The van der Waals surface area contributed by atoms with Crippen molar-refractivity contribution in [3.05, 3.63) is 34.3 Å². The zero-order chi connectivity index (χ0) is 14.0. The highest BCUT2D eigenvalue weighted by Crippen LogP contribution is 2.29. The largest absolute Gasteiger partial charge is 0.391 e. The third kappa shape index (κ3) is 3.57. The molecule has 1 aromatic carbocycles. The topological polar surface area (TPSA) is 40.5 Å². The molecule has 1 fully saturated rings. The lowest BCUT2D eigenvalue weighted by molar-refractivity contribution is -0.134. The number of β-amino-alcohol motifs (C(OH)–C–C–N with tert-alkyl or cyclic N) is 1. The number of nitrogens with zero attached hydrogens (tertiary/aromatic N) is 1. The molecule has 1 N–H and O–H groups in total. The zero-order valence-corrected chi connectivity index (χ0v) is 13.0. The minimum absolute atomic E-state index is 0.126. The molecule has 1 amide bonds. The molecule has 104 valence electrons. The minimum Gasteiger partial charge on any atom is -0.391 e. The molecule has 0 aromatic heterocycles. The summed E-state index contributed by atoms with van der Waals surface area (Å²) in [4.78, 5) is 14.1. The molecule has 1 unspecified atom stereocenters. The van der Waals surface area contributed by atoms with Crippen molar-refractivity contribution < 1.29 is 9.90 Å². The van der Waals surface area contributed by atoms with Gasteiger partial charge in [-0.25, -0.2) is 0 Å². The van der Waals surface area contributed by atoms with E-state index < -0.39 is 0 Å². The van der Waals surface area contributed by atoms with Gasteiger partial charge in [0.05, 0.1) is 6.10 Å². The smallest absolute Gasteiger partial charge is 0.223 e. The molecule has 1 saturated heterocycles. The van der Waals surface area contributed by atoms with E-state index in [9.17, 15) is 9.90 Å². The lowest BCUT2D eigenvalue weighted by Crippen LogP contribution is -2.42. The summed E-state index contributed by atoms with van der Waals surface area (Å²) in [5.74, 6) is 0.126. The van der Waals surface area contributed by atoms with Gasteiger partial charge in [-0.05, 0) is 44.4 Å². The molecule has 1 aromatic rings. The maximum absolute atomic E-state index is 12.3. The number of amides is 1. The van der Waals surface area contributed by atoms with Crippen molar-refractivity contribution in [3.63, 3.8) is 0 Å². The van der Waals surface area contributed by atoms with Crippen molar-refractivity contribution in [1.82, 2.24) is 4.90 Å². The Balaban J connectivity index is 1.95. The van der Waals surface area contributed by atoms with Crippen LogP contribution in [0.15, 0.2) is 28.7 Å². The summed E-state index contributed by atoms with van der Waals surface area (Å²) in [6.45, 7) is 4.49. The summed E-state index contributed by atoms with van der Waals surface area (Å²) in [5, 5.41) is 9.71. The Morgan fingerprint density at radius 2 is 2.26 bits per heavy atom. The average Bonchev–Trinajstić information content (AvgIpc) is 2.59. The number of carbonyl (C=O) groups excluding carboxylic acids is 1. The first-order valence-electron chi connectivity index (χ1n) is 6.61. The molecule has 0 bridgehead atoms. The molecule has 0 aliphatic carbocycles. The fourth-order valence-corrected chi connectivity index (χ4v) is 3.17. The minimum atomic E-state index is -0.384. The summed E-state index contributed by atoms with van der Waals surface area (Å²) < 4.78 is 1.04. The van der Waals surface area contributed by atoms with Gasteiger partial charge in [-0.2, -0.15) is 0 Å². The fourth-order valence-electron chi connectivity index (χ4n) is 2.73. The number of aryl methyl sites for hydroxylation is 1. The van der Waals surface area contributed by atoms with E-state index >= 15 is 0 Å². The normalized spacial score (nSPS) is 21.7. The summed E-state index contributed by atoms with van der Waals surface area (Å²) in [6.07, 6.45) is 1.51. The molecule has 4 heteroatoms. The number of hydrogen-bond donors (Lipinski definition) is 1. The third-order valence-corrected chi connectivity index (χ3v) is 4.17. The van der Waals surface area contributed by atoms with Crippen LogP contribution in [0.3, 0.4) is 0 Å². The van der Waals surface area contributed by atoms with Crippen LogP contribution in [0.2, 0.25) is 0 Å². The van der Waals surface area contributed by atoms with Crippen LogP contribution in [0.4, 0.5) is 0 Å². The molecular formula is C15H20BrNO2. The van der Waals surface area contributed by atoms with Crippen LogP contribution in [-0.4, -0.2) is 34.1 Å². The molecule has 0 spiro atoms. The quantitative estimate of drug-likeness (QED) is 0.928. The Morgan fingerprint density at radius 3 is 2.84 bits per heavy atom. The van der Waals surface area contributed by atoms with Gasteiger partial charge in [0.2, 0.25) is 5.91 Å². The number of hydrogen-bond acceptors (Lipinski definition) is 2. The predicted molar refractivity (Wildman–Crippen MR) is 78.9 cm³/mol. The average molecular weight is 326 g/mol. The highest BCUT2D eigenvalue weighted by Gasteiger charge is 2.39. The van der Waals surface area contributed by atoms with Gasteiger partial charge in [-0.3, -0.25) is 4.79 Å². The maximum atomic E-state index is 12.3. The van der Waals surface area contributed by atoms with E-state index in [0.29, 0.717) is 19.4 Å². The van der Waals surface area contributed by atoms with Crippen molar-refractivity contribution in [3.8, 4) is 0 Å². The van der Waals surface area contributed by atoms with Crippen LogP contribution in [0, 0.1) is 0 Å². The zero-order valence-electron chi connectivity index (χ0n) is 11.4. The van der Waals surface area contributed by atoms with E-state index in [1.165, 1.54) is 0 Å². The van der Waals surface area contributed by atoms with Crippen LogP contribution < -0.4 is 0 Å². The number of rotatable bonds is 3. The van der Waals surface area contributed by atoms with Crippen molar-refractivity contribution in [2.24, 2.45) is 0 Å². The van der Waals surface area contributed by atoms with E-state index in [2.05, 4.69) is 15.9 Å². The van der Waals surface area contributed by atoms with E-state index in [4.69, 9.17) is 0 Å². The van der Waals surface area contributed by atoms with Crippen molar-refractivity contribution in [2.75, 3.05) is 6.54 Å². The monoisotopic (exact) mass is 325 g/mol. The Morgan fingerprint density at radius 1 is 1.53 bits per heavy atom. The molecule has 1 heterocycles. The van der Waals surface area contributed by atoms with Crippen molar-refractivity contribution in [2.45, 2.75) is 44.8 Å². The molecule has 3 nitrogen and oxygen atoms in total. The highest BCUT2D eigenvalue weighted by molar-refractivity contribution is 9.10. The van der Waals surface area contributed by atoms with Gasteiger partial charge < -0.3 is 10.0 Å². The summed E-state index contributed by atoms with van der Waals surface area (Å²) in [5.41, 5.74) is 0.925. The highest BCUT2D eigenvalue weighted by atomic mass is 79.9. The summed E-state index contributed by atoms with van der Waals surface area (Å²) in [6, 6.07) is 8.03. The standard InChI is InChI=1S/C15H20BrNO2/c1-15(2)9-13(18)10-17(15)14(19)7-6-11-4-3-5-12(16)8-11/h3-5,8,13,18H,6-7,9-10H2,1-2H3. The second-order valence-electron chi connectivity index (χ2n) is 5.80. The van der Waals surface area contributed by atoms with Gasteiger partial charge in [0, 0.05) is 23.0 Å². The van der Waals surface area contributed by atoms with Gasteiger partial charge in [-0.15, -0.1) is 0 Å². The van der Waals surface area contributed by atoms with Crippen molar-refractivity contribution in [1.29, 1.82) is 0 Å². The molecule has 2 rings (SSSR count). The molecule has 1 atom stereocenters. The van der Waals surface area contributed by atoms with Gasteiger partial charge >= 0.3 is 0 Å². The van der Waals surface area contributed by atoms with Crippen LogP contribution in [0.5, 0.6) is 0 Å². The molecule has 1 aliphatic heterocycles. The lowest BCUT2D eigenvalue weighted by atomic mass is 10.0. The number of halogens is 1. The van der Waals surface area contributed by atoms with Crippen LogP contribution in [-0.2, 0) is 11.2 Å². The molecule has 0 saturated carbocycles. The van der Waals surface area contributed by atoms with Crippen molar-refractivity contribution >= 4 is 21.8 Å². The Labute approximate surface area is 122 Å². The first-order valence-corrected chi connectivity index (χ1v) is 7.41. The lowest BCUT2D eigenvalue weighted by Gasteiger charge is -2.31. The Hall–Kier alpha value is -0.870. The van der Waals surface area contributed by atoms with E-state index in [1.54, 1.807) is 0 Å². The van der Waals surface area contributed by atoms with Gasteiger partial charge in [0.25, 0.3) is 0 Å². The first kappa shape index (κ1) is 14.5. The van der Waals surface area contributed by atoms with Gasteiger partial charge in [-0.1, -0.05) is 28.1 Å². The Kier molecular flexibility index (Phi) is 4.31. The summed E-state index contributed by atoms with van der Waals surface area (Å²) >= 11 is 3.43. The predicted octanol–water partition coefficient (Wildman–Crippen LogP) is 2.75. The van der Waals surface area contributed by atoms with E-state index in [1.807, 2.05) is 43.0 Å². The second kappa shape index (κ2) is 5.63. The Bertz CT molecular complexity index is 473. The van der Waals surface area contributed by atoms with Gasteiger partial charge in [0.15, 0.2) is 0 Å². The summed E-state index contributed by atoms with van der Waals surface area (Å²) in [7, 11) is 0. The third-order valence-electron chi connectivity index (χ3n) is 3.68. The molecule has 1 aliphatic rings. The van der Waals surface area contributed by atoms with Gasteiger partial charge in [0.1, 0.15) is 0 Å². The number of aliphatic hydroxyl groups is 1. The van der Waals surface area contributed by atoms with E-state index in [-0.39, 0.29) is 17.6 Å². The molecular weight excluding hydrogens is 306 g/mol. The van der Waals surface area contributed by atoms with Crippen LogP contribution in [0.25, 0.3) is 0 Å². The number of aliphatic hydroxyl groups excluding tert-OH is 1. The first-order chi connectivity index (χ1) is 8.88. The number of carbonyl (C=O) groups is 1. The SMILES string of the molecule is CC1(C)CC(O)CN1C(=O)CCc1cccc(Br)c1. The molecule has 19 heavy (non-hydrogen) atoms.